The van der Waals surface area contributed by atoms with E-state index in [0.717, 1.165) is 60.7 Å². The van der Waals surface area contributed by atoms with Crippen LogP contribution in [0, 0.1) is 0 Å². The molecule has 0 saturated carbocycles. The summed E-state index contributed by atoms with van der Waals surface area (Å²) in [5.74, 6) is 3.11. The van der Waals surface area contributed by atoms with Crippen LogP contribution in [0.1, 0.15) is 11.1 Å². The first-order valence-electron chi connectivity index (χ1n) is 11.1. The summed E-state index contributed by atoms with van der Waals surface area (Å²) in [5.41, 5.74) is 2.21. The lowest BCUT2D eigenvalue weighted by atomic mass is 10.2. The molecule has 1 aliphatic rings. The second kappa shape index (κ2) is 13.0. The fourth-order valence-electron chi connectivity index (χ4n) is 3.76. The van der Waals surface area contributed by atoms with Crippen molar-refractivity contribution in [1.29, 1.82) is 0 Å². The monoisotopic (exact) mass is 574 g/mol. The van der Waals surface area contributed by atoms with Gasteiger partial charge in [-0.1, -0.05) is 36.4 Å². The van der Waals surface area contributed by atoms with Gasteiger partial charge in [-0.25, -0.2) is 9.97 Å². The largest absolute Gasteiger partial charge is 0.493 e. The molecule has 2 heterocycles. The van der Waals surface area contributed by atoms with Gasteiger partial charge in [-0.2, -0.15) is 0 Å². The first kappa shape index (κ1) is 25.5. The standard InChI is InChI=1S/C25H30N6O2.HI/c1-26-24(30-13-15-31(16-14-30)25-27-11-6-12-28-25)29-18-21-9-10-22(23(17-21)32-2)33-19-20-7-4-3-5-8-20;/h3-12,17H,13-16,18-19H2,1-2H3,(H,26,29);1H. The Labute approximate surface area is 218 Å². The maximum Gasteiger partial charge on any atom is 0.225 e. The van der Waals surface area contributed by atoms with Crippen molar-refractivity contribution in [3.05, 3.63) is 78.1 Å². The van der Waals surface area contributed by atoms with Gasteiger partial charge in [0.1, 0.15) is 6.61 Å². The van der Waals surface area contributed by atoms with Crippen LogP contribution in [0.2, 0.25) is 0 Å². The molecule has 1 aliphatic heterocycles. The van der Waals surface area contributed by atoms with Crippen LogP contribution in [0.5, 0.6) is 11.5 Å². The van der Waals surface area contributed by atoms with Gasteiger partial charge in [-0.15, -0.1) is 24.0 Å². The molecular weight excluding hydrogens is 543 g/mol. The molecule has 0 bridgehead atoms. The van der Waals surface area contributed by atoms with Crippen LogP contribution in [0.25, 0.3) is 0 Å². The number of aliphatic imine (C=N–C) groups is 1. The normalized spacial score (nSPS) is 13.8. The minimum atomic E-state index is 0. The van der Waals surface area contributed by atoms with Gasteiger partial charge in [0, 0.05) is 52.2 Å². The number of nitrogens with one attached hydrogen (secondary N) is 1. The lowest BCUT2D eigenvalue weighted by Gasteiger charge is -2.36. The Morgan fingerprint density at radius 2 is 1.68 bits per heavy atom. The van der Waals surface area contributed by atoms with E-state index in [-0.39, 0.29) is 24.0 Å². The molecule has 9 heteroatoms. The van der Waals surface area contributed by atoms with Gasteiger partial charge in [0.05, 0.1) is 7.11 Å². The quantitative estimate of drug-likeness (QED) is 0.263. The minimum absolute atomic E-state index is 0. The Bertz CT molecular complexity index is 1040. The molecule has 1 N–H and O–H groups in total. The summed E-state index contributed by atoms with van der Waals surface area (Å²) in [6, 6.07) is 17.9. The highest BCUT2D eigenvalue weighted by Gasteiger charge is 2.21. The molecule has 1 fully saturated rings. The molecule has 0 spiro atoms. The van der Waals surface area contributed by atoms with Crippen molar-refractivity contribution < 1.29 is 9.47 Å². The van der Waals surface area contributed by atoms with E-state index in [2.05, 4.69) is 30.1 Å². The zero-order valence-electron chi connectivity index (χ0n) is 19.6. The van der Waals surface area contributed by atoms with E-state index >= 15 is 0 Å². The number of methoxy groups -OCH3 is 1. The predicted molar refractivity (Wildman–Crippen MR) is 145 cm³/mol. The predicted octanol–water partition coefficient (Wildman–Crippen LogP) is 3.58. The molecule has 180 valence electrons. The molecule has 0 atom stereocenters. The van der Waals surface area contributed by atoms with E-state index in [4.69, 9.17) is 9.47 Å². The first-order valence-corrected chi connectivity index (χ1v) is 11.1. The minimum Gasteiger partial charge on any atom is -0.493 e. The molecule has 4 rings (SSSR count). The molecule has 0 aliphatic carbocycles. The van der Waals surface area contributed by atoms with Gasteiger partial charge in [0.15, 0.2) is 17.5 Å². The van der Waals surface area contributed by atoms with E-state index in [1.807, 2.05) is 61.6 Å². The number of ether oxygens (including phenoxy) is 2. The average Bonchev–Trinajstić information content (AvgIpc) is 2.89. The highest BCUT2D eigenvalue weighted by molar-refractivity contribution is 14.0. The number of halogens is 1. The number of piperazine rings is 1. The third-order valence-electron chi connectivity index (χ3n) is 5.54. The van der Waals surface area contributed by atoms with Crippen molar-refractivity contribution in [2.75, 3.05) is 45.2 Å². The SMILES string of the molecule is CN=C(NCc1ccc(OCc2ccccc2)c(OC)c1)N1CCN(c2ncccn2)CC1.I. The number of hydrogen-bond donors (Lipinski definition) is 1. The Hall–Kier alpha value is -3.08. The van der Waals surface area contributed by atoms with Gasteiger partial charge in [0.2, 0.25) is 5.95 Å². The first-order chi connectivity index (χ1) is 16.3. The maximum absolute atomic E-state index is 5.97. The molecule has 0 unspecified atom stereocenters. The molecule has 3 aromatic rings. The fourth-order valence-corrected chi connectivity index (χ4v) is 3.76. The number of anilines is 1. The molecule has 34 heavy (non-hydrogen) atoms. The summed E-state index contributed by atoms with van der Waals surface area (Å²) in [4.78, 5) is 17.6. The Balaban J connectivity index is 0.00000324. The van der Waals surface area contributed by atoms with Crippen LogP contribution in [-0.2, 0) is 13.2 Å². The van der Waals surface area contributed by atoms with Crippen LogP contribution in [0.4, 0.5) is 5.95 Å². The van der Waals surface area contributed by atoms with E-state index < -0.39 is 0 Å². The molecular formula is C25H31IN6O2. The van der Waals surface area contributed by atoms with Gasteiger partial charge in [-0.05, 0) is 29.3 Å². The summed E-state index contributed by atoms with van der Waals surface area (Å²) in [5, 5.41) is 3.47. The van der Waals surface area contributed by atoms with Crippen LogP contribution < -0.4 is 19.7 Å². The number of aromatic nitrogens is 2. The lowest BCUT2D eigenvalue weighted by Crippen LogP contribution is -2.52. The van der Waals surface area contributed by atoms with Crippen LogP contribution in [0.3, 0.4) is 0 Å². The summed E-state index contributed by atoms with van der Waals surface area (Å²) in [6.45, 7) is 4.56. The zero-order valence-corrected chi connectivity index (χ0v) is 21.9. The lowest BCUT2D eigenvalue weighted by molar-refractivity contribution is 0.284. The Morgan fingerprint density at radius 1 is 0.941 bits per heavy atom. The Kier molecular flexibility index (Phi) is 9.75. The fraction of sp³-hybridized carbons (Fsp3) is 0.320. The summed E-state index contributed by atoms with van der Waals surface area (Å²) >= 11 is 0. The number of rotatable bonds is 7. The van der Waals surface area contributed by atoms with Crippen molar-refractivity contribution in [3.63, 3.8) is 0 Å². The third-order valence-corrected chi connectivity index (χ3v) is 5.54. The second-order valence-corrected chi connectivity index (χ2v) is 7.68. The van der Waals surface area contributed by atoms with Crippen molar-refractivity contribution in [2.24, 2.45) is 4.99 Å². The second-order valence-electron chi connectivity index (χ2n) is 7.68. The molecule has 1 saturated heterocycles. The van der Waals surface area contributed by atoms with Crippen molar-refractivity contribution in [1.82, 2.24) is 20.2 Å². The number of guanidine groups is 1. The third kappa shape index (κ3) is 6.72. The molecule has 8 nitrogen and oxygen atoms in total. The number of hydrogen-bond acceptors (Lipinski definition) is 6. The van der Waals surface area contributed by atoms with E-state index in [9.17, 15) is 0 Å². The van der Waals surface area contributed by atoms with Gasteiger partial charge in [-0.3, -0.25) is 4.99 Å². The molecule has 2 aromatic carbocycles. The summed E-state index contributed by atoms with van der Waals surface area (Å²) in [6.07, 6.45) is 3.56. The molecule has 1 aromatic heterocycles. The summed E-state index contributed by atoms with van der Waals surface area (Å²) in [7, 11) is 3.48. The number of nitrogens with zero attached hydrogens (tertiary/aromatic N) is 5. The highest BCUT2D eigenvalue weighted by Crippen LogP contribution is 2.29. The van der Waals surface area contributed by atoms with Crippen LogP contribution in [-0.4, -0.2) is 61.2 Å². The van der Waals surface area contributed by atoms with E-state index in [0.29, 0.717) is 13.2 Å². The van der Waals surface area contributed by atoms with Crippen LogP contribution in [0.15, 0.2) is 72.0 Å². The topological polar surface area (TPSA) is 75.1 Å². The molecule has 0 radical (unpaired) electrons. The van der Waals surface area contributed by atoms with Crippen molar-refractivity contribution in [3.8, 4) is 11.5 Å². The van der Waals surface area contributed by atoms with E-state index in [1.54, 1.807) is 19.5 Å². The zero-order chi connectivity index (χ0) is 22.9. The maximum atomic E-state index is 5.97. The van der Waals surface area contributed by atoms with Gasteiger partial charge < -0.3 is 24.6 Å². The highest BCUT2D eigenvalue weighted by atomic mass is 127. The smallest absolute Gasteiger partial charge is 0.225 e. The van der Waals surface area contributed by atoms with E-state index in [1.165, 1.54) is 0 Å². The van der Waals surface area contributed by atoms with Crippen molar-refractivity contribution in [2.45, 2.75) is 13.2 Å². The van der Waals surface area contributed by atoms with Gasteiger partial charge in [0.25, 0.3) is 0 Å². The Morgan fingerprint density at radius 3 is 2.35 bits per heavy atom. The average molecular weight is 574 g/mol. The van der Waals surface area contributed by atoms with Crippen LogP contribution >= 0.6 is 24.0 Å². The van der Waals surface area contributed by atoms with Gasteiger partial charge >= 0.3 is 0 Å². The number of benzene rings is 2. The van der Waals surface area contributed by atoms with Crippen molar-refractivity contribution >= 4 is 35.9 Å². The molecule has 0 amide bonds. The summed E-state index contributed by atoms with van der Waals surface area (Å²) < 4.78 is 11.5.